The van der Waals surface area contributed by atoms with Gasteiger partial charge in [-0.3, -0.25) is 9.59 Å². The van der Waals surface area contributed by atoms with E-state index in [0.29, 0.717) is 0 Å². The van der Waals surface area contributed by atoms with Crippen molar-refractivity contribution in [2.24, 2.45) is 0 Å². The highest BCUT2D eigenvalue weighted by Crippen LogP contribution is 2.24. The number of rotatable bonds is 4. The number of anilines is 2. The normalized spacial score (nSPS) is 11.2. The molecule has 0 saturated heterocycles. The third-order valence-corrected chi connectivity index (χ3v) is 4.52. The predicted octanol–water partition coefficient (Wildman–Crippen LogP) is 4.59. The molecule has 0 heterocycles. The molecule has 26 heavy (non-hydrogen) atoms. The van der Waals surface area contributed by atoms with Crippen LogP contribution in [-0.2, 0) is 15.0 Å². The van der Waals surface area contributed by atoms with Gasteiger partial charge >= 0.3 is 0 Å². The van der Waals surface area contributed by atoms with E-state index in [4.69, 9.17) is 0 Å². The topological polar surface area (TPSA) is 49.4 Å². The molecule has 0 bridgehead atoms. The van der Waals surface area contributed by atoms with Crippen LogP contribution in [0.1, 0.15) is 44.4 Å². The van der Waals surface area contributed by atoms with Crippen LogP contribution in [-0.4, -0.2) is 18.4 Å². The van der Waals surface area contributed by atoms with Gasteiger partial charge in [0.15, 0.2) is 0 Å². The number of aryl methyl sites for hydroxylation is 2. The first-order chi connectivity index (χ1) is 12.1. The molecule has 4 heteroatoms. The molecule has 2 rings (SSSR count). The zero-order chi connectivity index (χ0) is 19.5. The van der Waals surface area contributed by atoms with Crippen LogP contribution in [0.15, 0.2) is 42.5 Å². The molecule has 0 atom stereocenters. The summed E-state index contributed by atoms with van der Waals surface area (Å²) in [6, 6.07) is 13.6. The minimum Gasteiger partial charge on any atom is -0.325 e. The van der Waals surface area contributed by atoms with Gasteiger partial charge in [0.05, 0.1) is 0 Å². The lowest BCUT2D eigenvalue weighted by Crippen LogP contribution is -2.36. The highest BCUT2D eigenvalue weighted by Gasteiger charge is 2.17. The number of hydrogen-bond acceptors (Lipinski definition) is 2. The average molecular weight is 352 g/mol. The van der Waals surface area contributed by atoms with Crippen LogP contribution in [0.4, 0.5) is 11.4 Å². The van der Waals surface area contributed by atoms with Crippen LogP contribution in [0.25, 0.3) is 0 Å². The number of benzene rings is 2. The van der Waals surface area contributed by atoms with Gasteiger partial charge in [-0.25, -0.2) is 0 Å². The van der Waals surface area contributed by atoms with E-state index < -0.39 is 0 Å². The molecule has 0 unspecified atom stereocenters. The van der Waals surface area contributed by atoms with Gasteiger partial charge < -0.3 is 10.2 Å². The van der Waals surface area contributed by atoms with Gasteiger partial charge in [0.1, 0.15) is 6.54 Å². The fraction of sp³-hybridized carbons (Fsp3) is 0.364. The number of hydrogen-bond donors (Lipinski definition) is 1. The molecule has 2 aromatic carbocycles. The molecule has 0 aliphatic heterocycles. The third-order valence-electron chi connectivity index (χ3n) is 4.52. The molecule has 2 amide bonds. The first-order valence-corrected chi connectivity index (χ1v) is 8.83. The minimum absolute atomic E-state index is 0.0150. The Kier molecular flexibility index (Phi) is 5.86. The van der Waals surface area contributed by atoms with Crippen molar-refractivity contribution >= 4 is 23.2 Å². The lowest BCUT2D eigenvalue weighted by molar-refractivity contribution is -0.120. The maximum absolute atomic E-state index is 12.4. The largest absolute Gasteiger partial charge is 0.325 e. The SMILES string of the molecule is CC(=O)N(CC(=O)Nc1ccc(C(C)(C)C)cc1)c1ccc(C)c(C)c1. The predicted molar refractivity (Wildman–Crippen MR) is 108 cm³/mol. The van der Waals surface area contributed by atoms with Gasteiger partial charge in [0.25, 0.3) is 0 Å². The Morgan fingerprint density at radius 1 is 0.962 bits per heavy atom. The van der Waals surface area contributed by atoms with Crippen molar-refractivity contribution in [3.8, 4) is 0 Å². The first kappa shape index (κ1) is 19.7. The third kappa shape index (κ3) is 4.94. The Balaban J connectivity index is 2.10. The Hall–Kier alpha value is -2.62. The van der Waals surface area contributed by atoms with E-state index in [-0.39, 0.29) is 23.8 Å². The van der Waals surface area contributed by atoms with Crippen molar-refractivity contribution in [2.45, 2.75) is 47.0 Å². The summed E-state index contributed by atoms with van der Waals surface area (Å²) in [5.41, 5.74) is 4.98. The summed E-state index contributed by atoms with van der Waals surface area (Å²) < 4.78 is 0. The maximum Gasteiger partial charge on any atom is 0.244 e. The summed E-state index contributed by atoms with van der Waals surface area (Å²) >= 11 is 0. The van der Waals surface area contributed by atoms with Crippen molar-refractivity contribution < 1.29 is 9.59 Å². The number of nitrogens with zero attached hydrogens (tertiary/aromatic N) is 1. The van der Waals surface area contributed by atoms with Gasteiger partial charge in [-0.05, 0) is 60.2 Å². The van der Waals surface area contributed by atoms with Crippen molar-refractivity contribution in [3.63, 3.8) is 0 Å². The van der Waals surface area contributed by atoms with Crippen molar-refractivity contribution in [3.05, 3.63) is 59.2 Å². The van der Waals surface area contributed by atoms with Gasteiger partial charge in [0, 0.05) is 18.3 Å². The zero-order valence-corrected chi connectivity index (χ0v) is 16.5. The highest BCUT2D eigenvalue weighted by atomic mass is 16.2. The summed E-state index contributed by atoms with van der Waals surface area (Å²) in [5, 5.41) is 2.87. The fourth-order valence-electron chi connectivity index (χ4n) is 2.68. The fourth-order valence-corrected chi connectivity index (χ4v) is 2.68. The minimum atomic E-state index is -0.220. The van der Waals surface area contributed by atoms with Crippen LogP contribution in [0.3, 0.4) is 0 Å². The van der Waals surface area contributed by atoms with Crippen molar-refractivity contribution in [2.75, 3.05) is 16.8 Å². The molecule has 0 aliphatic carbocycles. The Morgan fingerprint density at radius 3 is 2.08 bits per heavy atom. The van der Waals surface area contributed by atoms with E-state index in [2.05, 4.69) is 26.1 Å². The van der Waals surface area contributed by atoms with E-state index >= 15 is 0 Å². The summed E-state index contributed by atoms with van der Waals surface area (Å²) in [5.74, 6) is -0.381. The molecule has 2 aromatic rings. The molecule has 0 radical (unpaired) electrons. The lowest BCUT2D eigenvalue weighted by atomic mass is 9.87. The highest BCUT2D eigenvalue weighted by molar-refractivity contribution is 6.01. The van der Waals surface area contributed by atoms with Crippen LogP contribution in [0, 0.1) is 13.8 Å². The molecule has 4 nitrogen and oxygen atoms in total. The Labute approximate surface area is 156 Å². The molecular formula is C22H28N2O2. The molecule has 138 valence electrons. The van der Waals surface area contributed by atoms with Gasteiger partial charge in [-0.1, -0.05) is 39.0 Å². The van der Waals surface area contributed by atoms with Gasteiger partial charge in [-0.15, -0.1) is 0 Å². The van der Waals surface area contributed by atoms with Crippen LogP contribution in [0.2, 0.25) is 0 Å². The first-order valence-electron chi connectivity index (χ1n) is 8.83. The van der Waals surface area contributed by atoms with Crippen LogP contribution in [0.5, 0.6) is 0 Å². The second-order valence-corrected chi connectivity index (χ2v) is 7.75. The molecular weight excluding hydrogens is 324 g/mol. The van der Waals surface area contributed by atoms with E-state index in [1.807, 2.05) is 56.3 Å². The van der Waals surface area contributed by atoms with Gasteiger partial charge in [0.2, 0.25) is 11.8 Å². The Bertz CT molecular complexity index is 802. The quantitative estimate of drug-likeness (QED) is 0.875. The summed E-state index contributed by atoms with van der Waals surface area (Å²) in [6.45, 7) is 11.9. The number of carbonyl (C=O) groups excluding carboxylic acids is 2. The molecule has 0 spiro atoms. The molecule has 0 fully saturated rings. The number of amides is 2. The summed E-state index contributed by atoms with van der Waals surface area (Å²) in [7, 11) is 0. The summed E-state index contributed by atoms with van der Waals surface area (Å²) in [6.07, 6.45) is 0. The average Bonchev–Trinajstić information content (AvgIpc) is 2.55. The Morgan fingerprint density at radius 2 is 1.58 bits per heavy atom. The van der Waals surface area contributed by atoms with Crippen LogP contribution < -0.4 is 10.2 Å². The lowest BCUT2D eigenvalue weighted by Gasteiger charge is -2.22. The van der Waals surface area contributed by atoms with E-state index in [9.17, 15) is 9.59 Å². The van der Waals surface area contributed by atoms with Crippen molar-refractivity contribution in [1.29, 1.82) is 0 Å². The molecule has 1 N–H and O–H groups in total. The number of nitrogens with one attached hydrogen (secondary N) is 1. The smallest absolute Gasteiger partial charge is 0.244 e. The molecule has 0 aliphatic rings. The van der Waals surface area contributed by atoms with E-state index in [1.165, 1.54) is 17.4 Å². The maximum atomic E-state index is 12.4. The van der Waals surface area contributed by atoms with Crippen LogP contribution >= 0.6 is 0 Å². The summed E-state index contributed by atoms with van der Waals surface area (Å²) in [4.78, 5) is 26.0. The van der Waals surface area contributed by atoms with E-state index in [1.54, 1.807) is 0 Å². The van der Waals surface area contributed by atoms with E-state index in [0.717, 1.165) is 22.5 Å². The zero-order valence-electron chi connectivity index (χ0n) is 16.5. The second kappa shape index (κ2) is 7.73. The second-order valence-electron chi connectivity index (χ2n) is 7.75. The molecule has 0 aromatic heterocycles. The monoisotopic (exact) mass is 352 g/mol. The van der Waals surface area contributed by atoms with Crippen molar-refractivity contribution in [1.82, 2.24) is 0 Å². The molecule has 0 saturated carbocycles. The van der Waals surface area contributed by atoms with Gasteiger partial charge in [-0.2, -0.15) is 0 Å². The standard InChI is InChI=1S/C22H28N2O2/c1-15-7-12-20(13-16(15)2)24(17(3)25)14-21(26)23-19-10-8-18(9-11-19)22(4,5)6/h7-13H,14H2,1-6H3,(H,23,26). The number of carbonyl (C=O) groups is 2.